The molecule has 5 nitrogen and oxygen atoms in total. The first-order chi connectivity index (χ1) is 12.2. The number of hydrogen-bond donors (Lipinski definition) is 2. The highest BCUT2D eigenvalue weighted by Crippen LogP contribution is 2.27. The van der Waals surface area contributed by atoms with E-state index >= 15 is 0 Å². The van der Waals surface area contributed by atoms with Crippen LogP contribution in [0.4, 0.5) is 0 Å². The van der Waals surface area contributed by atoms with Crippen molar-refractivity contribution in [3.63, 3.8) is 0 Å². The van der Waals surface area contributed by atoms with Gasteiger partial charge in [0, 0.05) is 31.6 Å². The number of hydrogen-bond acceptors (Lipinski definition) is 4. The summed E-state index contributed by atoms with van der Waals surface area (Å²) in [4.78, 5) is 8.35. The largest absolute Gasteiger partial charge is 0.380 e. The van der Waals surface area contributed by atoms with Crippen molar-refractivity contribution in [2.75, 3.05) is 46.4 Å². The Bertz CT molecular complexity index is 490. The molecule has 150 valence electrons. The fourth-order valence-corrected chi connectivity index (χ4v) is 3.88. The Balaban J connectivity index is 0.00000338. The predicted molar refractivity (Wildman–Crippen MR) is 123 cm³/mol. The minimum absolute atomic E-state index is 0. The van der Waals surface area contributed by atoms with E-state index in [-0.39, 0.29) is 24.0 Å². The van der Waals surface area contributed by atoms with Crippen molar-refractivity contribution in [3.05, 3.63) is 22.4 Å². The molecule has 1 aromatic rings. The van der Waals surface area contributed by atoms with Crippen molar-refractivity contribution in [1.29, 1.82) is 0 Å². The van der Waals surface area contributed by atoms with E-state index in [0.717, 1.165) is 32.1 Å². The zero-order valence-electron chi connectivity index (χ0n) is 16.4. The maximum absolute atomic E-state index is 5.65. The topological polar surface area (TPSA) is 48.9 Å². The van der Waals surface area contributed by atoms with Crippen LogP contribution in [0.15, 0.2) is 22.5 Å². The Morgan fingerprint density at radius 1 is 1.27 bits per heavy atom. The average molecular weight is 494 g/mol. The van der Waals surface area contributed by atoms with E-state index in [1.54, 1.807) is 0 Å². The lowest BCUT2D eigenvalue weighted by atomic mass is 10.1. The summed E-state index contributed by atoms with van der Waals surface area (Å²) in [7, 11) is 1.82. The number of guanidine groups is 1. The molecule has 0 aromatic carbocycles. The highest BCUT2D eigenvalue weighted by atomic mass is 127. The fraction of sp³-hybridized carbons (Fsp3) is 0.737. The van der Waals surface area contributed by atoms with E-state index in [1.165, 1.54) is 30.8 Å². The molecule has 7 heteroatoms. The molecule has 1 saturated heterocycles. The molecule has 26 heavy (non-hydrogen) atoms. The summed E-state index contributed by atoms with van der Waals surface area (Å²) in [5.74, 6) is 1.55. The first-order valence-corrected chi connectivity index (χ1v) is 10.4. The zero-order valence-corrected chi connectivity index (χ0v) is 19.5. The summed E-state index contributed by atoms with van der Waals surface area (Å²) in [5.41, 5.74) is 0. The second-order valence-corrected chi connectivity index (χ2v) is 7.93. The van der Waals surface area contributed by atoms with Gasteiger partial charge in [-0.2, -0.15) is 0 Å². The van der Waals surface area contributed by atoms with E-state index in [1.807, 2.05) is 18.4 Å². The Labute approximate surface area is 180 Å². The number of halogens is 1. The van der Waals surface area contributed by atoms with Crippen LogP contribution in [-0.2, 0) is 4.74 Å². The third-order valence-corrected chi connectivity index (χ3v) is 5.49. The Kier molecular flexibility index (Phi) is 12.5. The summed E-state index contributed by atoms with van der Waals surface area (Å²) < 4.78 is 5.65. The van der Waals surface area contributed by atoms with Crippen LogP contribution < -0.4 is 10.6 Å². The van der Waals surface area contributed by atoms with Crippen LogP contribution in [0.25, 0.3) is 0 Å². The minimum Gasteiger partial charge on any atom is -0.380 e. The summed E-state index contributed by atoms with van der Waals surface area (Å²) in [6.07, 6.45) is 3.73. The molecule has 2 rings (SSSR count). The van der Waals surface area contributed by atoms with E-state index in [4.69, 9.17) is 4.74 Å². The average Bonchev–Trinajstić information content (AvgIpc) is 3.30. The third-order valence-electron chi connectivity index (χ3n) is 4.52. The zero-order chi connectivity index (χ0) is 17.9. The summed E-state index contributed by atoms with van der Waals surface area (Å²) in [6, 6.07) is 4.82. The Morgan fingerprint density at radius 2 is 2.04 bits per heavy atom. The molecule has 1 atom stereocenters. The van der Waals surface area contributed by atoms with Crippen molar-refractivity contribution in [2.24, 2.45) is 10.9 Å². The highest BCUT2D eigenvalue weighted by Gasteiger charge is 2.24. The van der Waals surface area contributed by atoms with Gasteiger partial charge in [-0.1, -0.05) is 19.9 Å². The number of ether oxygens (including phenoxy) is 1. The molecule has 0 aliphatic carbocycles. The number of rotatable bonds is 10. The van der Waals surface area contributed by atoms with Gasteiger partial charge in [-0.05, 0) is 49.7 Å². The first kappa shape index (κ1) is 23.7. The molecule has 0 spiro atoms. The maximum Gasteiger partial charge on any atom is 0.191 e. The molecule has 1 unspecified atom stereocenters. The van der Waals surface area contributed by atoms with Crippen LogP contribution in [-0.4, -0.2) is 57.3 Å². The van der Waals surface area contributed by atoms with Gasteiger partial charge >= 0.3 is 0 Å². The van der Waals surface area contributed by atoms with E-state index in [0.29, 0.717) is 18.6 Å². The van der Waals surface area contributed by atoms with Gasteiger partial charge in [0.05, 0.1) is 12.6 Å². The number of nitrogens with zero attached hydrogens (tertiary/aromatic N) is 2. The number of aliphatic imine (C=N–C) groups is 1. The van der Waals surface area contributed by atoms with Gasteiger partial charge in [-0.3, -0.25) is 9.89 Å². The van der Waals surface area contributed by atoms with Crippen LogP contribution >= 0.6 is 35.3 Å². The second-order valence-electron chi connectivity index (χ2n) is 6.95. The lowest BCUT2D eigenvalue weighted by Crippen LogP contribution is -2.43. The molecule has 0 radical (unpaired) electrons. The SMILES string of the molecule is CN=C(NCCOCCC(C)C)NCC(c1cccs1)N1CCCC1.I. The van der Waals surface area contributed by atoms with Gasteiger partial charge in [0.15, 0.2) is 5.96 Å². The molecule has 0 bridgehead atoms. The fourth-order valence-electron chi connectivity index (χ4n) is 3.02. The Hall–Kier alpha value is -0.380. The van der Waals surface area contributed by atoms with Gasteiger partial charge < -0.3 is 15.4 Å². The van der Waals surface area contributed by atoms with E-state index in [2.05, 4.69) is 51.9 Å². The maximum atomic E-state index is 5.65. The number of likely N-dealkylation sites (tertiary alicyclic amines) is 1. The van der Waals surface area contributed by atoms with Crippen molar-refractivity contribution in [1.82, 2.24) is 15.5 Å². The van der Waals surface area contributed by atoms with Gasteiger partial charge in [-0.25, -0.2) is 0 Å². The summed E-state index contributed by atoms with van der Waals surface area (Å²) in [6.45, 7) is 10.0. The van der Waals surface area contributed by atoms with Gasteiger partial charge in [-0.15, -0.1) is 35.3 Å². The molecule has 1 aliphatic rings. The number of nitrogens with one attached hydrogen (secondary N) is 2. The lowest BCUT2D eigenvalue weighted by Gasteiger charge is -2.27. The van der Waals surface area contributed by atoms with Crippen LogP contribution in [0.5, 0.6) is 0 Å². The molecule has 1 aromatic heterocycles. The van der Waals surface area contributed by atoms with Crippen molar-refractivity contribution in [2.45, 2.75) is 39.2 Å². The van der Waals surface area contributed by atoms with Gasteiger partial charge in [0.2, 0.25) is 0 Å². The van der Waals surface area contributed by atoms with Gasteiger partial charge in [0.25, 0.3) is 0 Å². The molecule has 0 amide bonds. The molecular weight excluding hydrogens is 459 g/mol. The van der Waals surface area contributed by atoms with Crippen LogP contribution in [0.3, 0.4) is 0 Å². The van der Waals surface area contributed by atoms with Crippen LogP contribution in [0.2, 0.25) is 0 Å². The van der Waals surface area contributed by atoms with Crippen molar-refractivity contribution in [3.8, 4) is 0 Å². The molecule has 1 aliphatic heterocycles. The molecule has 0 saturated carbocycles. The molecular formula is C19H35IN4OS. The van der Waals surface area contributed by atoms with E-state index in [9.17, 15) is 0 Å². The second kappa shape index (κ2) is 13.7. The molecule has 1 fully saturated rings. The van der Waals surface area contributed by atoms with Crippen LogP contribution in [0.1, 0.15) is 44.0 Å². The predicted octanol–water partition coefficient (Wildman–Crippen LogP) is 3.73. The van der Waals surface area contributed by atoms with Crippen molar-refractivity contribution < 1.29 is 4.74 Å². The quantitative estimate of drug-likeness (QED) is 0.225. The normalized spacial score (nSPS) is 16.5. The smallest absolute Gasteiger partial charge is 0.191 e. The molecule has 2 heterocycles. The summed E-state index contributed by atoms with van der Waals surface area (Å²) >= 11 is 1.84. The minimum atomic E-state index is 0. The van der Waals surface area contributed by atoms with Crippen LogP contribution in [0, 0.1) is 5.92 Å². The summed E-state index contributed by atoms with van der Waals surface area (Å²) in [5, 5.41) is 9.01. The first-order valence-electron chi connectivity index (χ1n) is 9.50. The Morgan fingerprint density at radius 3 is 2.65 bits per heavy atom. The third kappa shape index (κ3) is 8.54. The standard InChI is InChI=1S/C19H34N4OS.HI/c1-16(2)8-12-24-13-9-21-19(20-3)22-15-17(18-7-6-14-25-18)23-10-4-5-11-23;/h6-7,14,16-17H,4-5,8-13,15H2,1-3H3,(H2,20,21,22);1H. The highest BCUT2D eigenvalue weighted by molar-refractivity contribution is 14.0. The molecule has 2 N–H and O–H groups in total. The number of thiophene rings is 1. The van der Waals surface area contributed by atoms with E-state index < -0.39 is 0 Å². The monoisotopic (exact) mass is 494 g/mol. The lowest BCUT2D eigenvalue weighted by molar-refractivity contribution is 0.128. The van der Waals surface area contributed by atoms with Gasteiger partial charge in [0.1, 0.15) is 0 Å². The van der Waals surface area contributed by atoms with Crippen molar-refractivity contribution >= 4 is 41.3 Å².